The number of piperidine rings is 1. The molecule has 8 nitrogen and oxygen atoms in total. The predicted molar refractivity (Wildman–Crippen MR) is 93.9 cm³/mol. The van der Waals surface area contributed by atoms with Crippen LogP contribution in [0.4, 0.5) is 0 Å². The van der Waals surface area contributed by atoms with Crippen molar-refractivity contribution in [3.05, 3.63) is 23.2 Å². The Labute approximate surface area is 155 Å². The first-order valence-corrected chi connectivity index (χ1v) is 9.14. The van der Waals surface area contributed by atoms with Gasteiger partial charge >= 0.3 is 5.97 Å². The van der Waals surface area contributed by atoms with Crippen LogP contribution in [0.3, 0.4) is 0 Å². The molecule has 0 radical (unpaired) electrons. The van der Waals surface area contributed by atoms with Crippen molar-refractivity contribution in [3.63, 3.8) is 0 Å². The average Bonchev–Trinajstić information content (AvgIpc) is 3.17. The van der Waals surface area contributed by atoms with Crippen LogP contribution in [0.2, 0.25) is 5.02 Å². The van der Waals surface area contributed by atoms with E-state index in [0.717, 1.165) is 25.8 Å². The second-order valence-electron chi connectivity index (χ2n) is 6.98. The lowest BCUT2D eigenvalue weighted by molar-refractivity contribution is -0.141. The highest BCUT2D eigenvalue weighted by atomic mass is 35.5. The highest BCUT2D eigenvalue weighted by molar-refractivity contribution is 6.30. The van der Waals surface area contributed by atoms with Crippen molar-refractivity contribution in [1.82, 2.24) is 25.9 Å². The monoisotopic (exact) mass is 377 g/mol. The third-order valence-electron chi connectivity index (χ3n) is 5.38. The number of fused-ring (bicyclic) bond motifs is 1. The van der Waals surface area contributed by atoms with Gasteiger partial charge in [-0.3, -0.25) is 4.79 Å². The number of nitrogens with one attached hydrogen (secondary N) is 2. The number of aliphatic carboxylic acids is 1. The summed E-state index contributed by atoms with van der Waals surface area (Å²) in [7, 11) is 0. The summed E-state index contributed by atoms with van der Waals surface area (Å²) in [5.41, 5.74) is 0.696. The Hall–Kier alpha value is -2.19. The molecule has 2 heterocycles. The molecule has 1 aromatic heterocycles. The van der Waals surface area contributed by atoms with Crippen molar-refractivity contribution in [2.24, 2.45) is 11.8 Å². The Morgan fingerprint density at radius 1 is 1.27 bits per heavy atom. The SMILES string of the molecule is O=C(O)[C@@H]1CC2C[C@@H](Oc3ccc(Cl)cc3-c3nn[nH]n3)CCC2CN1. The smallest absolute Gasteiger partial charge is 0.320 e. The van der Waals surface area contributed by atoms with E-state index in [1.165, 1.54) is 0 Å². The molecule has 1 saturated carbocycles. The van der Waals surface area contributed by atoms with Gasteiger partial charge in [0.2, 0.25) is 5.82 Å². The first kappa shape index (κ1) is 17.2. The van der Waals surface area contributed by atoms with Crippen molar-refractivity contribution in [2.75, 3.05) is 6.54 Å². The maximum absolute atomic E-state index is 11.3. The number of rotatable bonds is 4. The van der Waals surface area contributed by atoms with Crippen LogP contribution in [0.15, 0.2) is 18.2 Å². The number of nitrogens with zero attached hydrogens (tertiary/aromatic N) is 3. The molecule has 138 valence electrons. The molecular weight excluding hydrogens is 358 g/mol. The minimum Gasteiger partial charge on any atom is -0.490 e. The maximum Gasteiger partial charge on any atom is 0.320 e. The number of halogens is 1. The molecule has 26 heavy (non-hydrogen) atoms. The molecule has 4 rings (SSSR count). The third-order valence-corrected chi connectivity index (χ3v) is 5.61. The van der Waals surface area contributed by atoms with Crippen LogP contribution in [0, 0.1) is 11.8 Å². The zero-order valence-corrected chi connectivity index (χ0v) is 14.8. The van der Waals surface area contributed by atoms with E-state index >= 15 is 0 Å². The van der Waals surface area contributed by atoms with Crippen LogP contribution < -0.4 is 10.1 Å². The van der Waals surface area contributed by atoms with Gasteiger partial charge in [-0.05, 0) is 67.5 Å². The minimum absolute atomic E-state index is 0.0376. The molecule has 1 aliphatic carbocycles. The van der Waals surface area contributed by atoms with Crippen molar-refractivity contribution < 1.29 is 14.6 Å². The van der Waals surface area contributed by atoms with Gasteiger partial charge in [-0.1, -0.05) is 11.6 Å². The molecule has 2 fully saturated rings. The summed E-state index contributed by atoms with van der Waals surface area (Å²) in [6, 6.07) is 4.90. The second-order valence-corrected chi connectivity index (χ2v) is 7.42. The summed E-state index contributed by atoms with van der Waals surface area (Å²) in [4.78, 5) is 11.3. The standard InChI is InChI=1S/C17H20ClN5O3/c18-11-2-4-15(13(7-11)16-20-22-23-21-16)26-12-3-1-9-8-19-14(17(24)25)6-10(9)5-12/h2,4,7,9-10,12,14,19H,1,3,5-6,8H2,(H,24,25)(H,20,21,22,23)/t9?,10?,12-,14-/m0/s1. The summed E-state index contributed by atoms with van der Waals surface area (Å²) in [5, 5.41) is 27.0. The number of aromatic amines is 1. The van der Waals surface area contributed by atoms with Gasteiger partial charge in [-0.2, -0.15) is 5.21 Å². The number of aromatic nitrogens is 4. The molecule has 1 saturated heterocycles. The van der Waals surface area contributed by atoms with E-state index < -0.39 is 12.0 Å². The number of H-pyrrole nitrogens is 1. The van der Waals surface area contributed by atoms with Crippen LogP contribution in [0.5, 0.6) is 5.75 Å². The quantitative estimate of drug-likeness (QED) is 0.747. The molecule has 2 unspecified atom stereocenters. The molecule has 0 bridgehead atoms. The van der Waals surface area contributed by atoms with E-state index in [2.05, 4.69) is 25.9 Å². The number of carboxylic acid groups (broad SMARTS) is 1. The van der Waals surface area contributed by atoms with E-state index in [-0.39, 0.29) is 6.10 Å². The molecule has 1 aliphatic heterocycles. The van der Waals surface area contributed by atoms with Gasteiger partial charge in [0.1, 0.15) is 11.8 Å². The minimum atomic E-state index is -0.774. The summed E-state index contributed by atoms with van der Waals surface area (Å²) in [5.74, 6) is 1.21. The number of tetrazole rings is 1. The van der Waals surface area contributed by atoms with E-state index in [9.17, 15) is 9.90 Å². The number of carboxylic acids is 1. The number of carbonyl (C=O) groups is 1. The zero-order valence-electron chi connectivity index (χ0n) is 14.1. The number of ether oxygens (including phenoxy) is 1. The Balaban J connectivity index is 1.49. The van der Waals surface area contributed by atoms with Crippen molar-refractivity contribution in [1.29, 1.82) is 0 Å². The Kier molecular flexibility index (Phi) is 4.78. The molecule has 1 aromatic carbocycles. The largest absolute Gasteiger partial charge is 0.490 e. The van der Waals surface area contributed by atoms with Crippen LogP contribution >= 0.6 is 11.6 Å². The van der Waals surface area contributed by atoms with E-state index in [1.54, 1.807) is 12.1 Å². The lowest BCUT2D eigenvalue weighted by Gasteiger charge is -2.41. The fourth-order valence-corrected chi connectivity index (χ4v) is 4.22. The number of hydrogen-bond acceptors (Lipinski definition) is 6. The summed E-state index contributed by atoms with van der Waals surface area (Å²) in [6.07, 6.45) is 3.51. The molecule has 2 aliphatic rings. The first-order valence-electron chi connectivity index (χ1n) is 8.76. The number of benzene rings is 1. The van der Waals surface area contributed by atoms with Gasteiger partial charge in [0.05, 0.1) is 11.7 Å². The van der Waals surface area contributed by atoms with Crippen LogP contribution in [0.25, 0.3) is 11.4 Å². The third kappa shape index (κ3) is 3.52. The van der Waals surface area contributed by atoms with Gasteiger partial charge in [-0.25, -0.2) is 0 Å². The van der Waals surface area contributed by atoms with Gasteiger partial charge in [0, 0.05) is 5.02 Å². The second kappa shape index (κ2) is 7.20. The Bertz CT molecular complexity index is 785. The summed E-state index contributed by atoms with van der Waals surface area (Å²) in [6.45, 7) is 0.767. The average molecular weight is 378 g/mol. The molecule has 9 heteroatoms. The predicted octanol–water partition coefficient (Wildman–Crippen LogP) is 2.13. The van der Waals surface area contributed by atoms with Crippen LogP contribution in [-0.2, 0) is 4.79 Å². The fourth-order valence-electron chi connectivity index (χ4n) is 4.05. The molecule has 0 spiro atoms. The molecule has 3 N–H and O–H groups in total. The summed E-state index contributed by atoms with van der Waals surface area (Å²) < 4.78 is 6.26. The molecule has 4 atom stereocenters. The van der Waals surface area contributed by atoms with Crippen molar-refractivity contribution >= 4 is 17.6 Å². The normalized spacial score (nSPS) is 28.3. The highest BCUT2D eigenvalue weighted by Gasteiger charge is 2.38. The zero-order chi connectivity index (χ0) is 18.1. The fraction of sp³-hybridized carbons (Fsp3) is 0.529. The summed E-state index contributed by atoms with van der Waals surface area (Å²) >= 11 is 6.11. The lowest BCUT2D eigenvalue weighted by Crippen LogP contribution is -2.50. The molecular formula is C17H20ClN5O3. The molecule has 2 aromatic rings. The van der Waals surface area contributed by atoms with Crippen molar-refractivity contribution in [2.45, 2.75) is 37.8 Å². The Morgan fingerprint density at radius 3 is 2.92 bits per heavy atom. The Morgan fingerprint density at radius 2 is 2.15 bits per heavy atom. The van der Waals surface area contributed by atoms with Crippen molar-refractivity contribution in [3.8, 4) is 17.1 Å². The lowest BCUT2D eigenvalue weighted by atomic mass is 9.72. The highest BCUT2D eigenvalue weighted by Crippen LogP contribution is 2.39. The topological polar surface area (TPSA) is 113 Å². The maximum atomic E-state index is 11.3. The number of hydrogen-bond donors (Lipinski definition) is 3. The van der Waals surface area contributed by atoms with Gasteiger partial charge < -0.3 is 15.2 Å². The first-order chi connectivity index (χ1) is 12.6. The van der Waals surface area contributed by atoms with Crippen LogP contribution in [-0.4, -0.2) is 50.4 Å². The molecule has 0 amide bonds. The van der Waals surface area contributed by atoms with E-state index in [0.29, 0.717) is 40.4 Å². The van der Waals surface area contributed by atoms with Gasteiger partial charge in [-0.15, -0.1) is 10.2 Å². The van der Waals surface area contributed by atoms with Gasteiger partial charge in [0.15, 0.2) is 0 Å². The van der Waals surface area contributed by atoms with E-state index in [1.807, 2.05) is 6.07 Å². The van der Waals surface area contributed by atoms with E-state index in [4.69, 9.17) is 16.3 Å². The van der Waals surface area contributed by atoms with Gasteiger partial charge in [0.25, 0.3) is 0 Å². The van der Waals surface area contributed by atoms with Crippen LogP contribution in [0.1, 0.15) is 25.7 Å².